The molecule has 128 valence electrons. The Hall–Kier alpha value is -2.27. The lowest BCUT2D eigenvalue weighted by Crippen LogP contribution is -2.53. The fourth-order valence-electron chi connectivity index (χ4n) is 2.93. The van der Waals surface area contributed by atoms with Crippen LogP contribution in [0.1, 0.15) is 18.4 Å². The lowest BCUT2D eigenvalue weighted by atomic mass is 10.1. The van der Waals surface area contributed by atoms with Crippen molar-refractivity contribution >= 4 is 11.7 Å². The van der Waals surface area contributed by atoms with Gasteiger partial charge in [0.05, 0.1) is 24.8 Å². The molecule has 1 atom stereocenters. The van der Waals surface area contributed by atoms with E-state index in [1.807, 2.05) is 4.90 Å². The van der Waals surface area contributed by atoms with Crippen LogP contribution in [0.25, 0.3) is 0 Å². The molecule has 6 nitrogen and oxygen atoms in total. The van der Waals surface area contributed by atoms with Crippen molar-refractivity contribution in [3.05, 3.63) is 23.9 Å². The SMILES string of the molecule is N#Cc1ccnc(N2CCOC(C(=O)N3CCC(F)(F)CC3)C2)c1. The number of hydrogen-bond acceptors (Lipinski definition) is 5. The molecule has 1 unspecified atom stereocenters. The van der Waals surface area contributed by atoms with Crippen molar-refractivity contribution in [2.75, 3.05) is 37.7 Å². The highest BCUT2D eigenvalue weighted by Crippen LogP contribution is 2.28. The van der Waals surface area contributed by atoms with Gasteiger partial charge in [0.15, 0.2) is 6.10 Å². The number of carbonyl (C=O) groups excluding carboxylic acids is 1. The van der Waals surface area contributed by atoms with Crippen LogP contribution in [0, 0.1) is 11.3 Å². The first-order valence-corrected chi connectivity index (χ1v) is 7.88. The third-order valence-corrected chi connectivity index (χ3v) is 4.35. The van der Waals surface area contributed by atoms with E-state index in [0.29, 0.717) is 31.1 Å². The predicted molar refractivity (Wildman–Crippen MR) is 81.7 cm³/mol. The zero-order chi connectivity index (χ0) is 17.2. The van der Waals surface area contributed by atoms with Gasteiger partial charge in [0, 0.05) is 38.7 Å². The standard InChI is InChI=1S/C16H18F2N4O2/c17-16(18)2-5-21(6-3-16)15(23)13-11-22(7-8-24-13)14-9-12(10-19)1-4-20-14/h1,4,9,13H,2-3,5-8,11H2. The number of nitrogens with zero attached hydrogens (tertiary/aromatic N) is 4. The minimum absolute atomic E-state index is 0.0495. The maximum absolute atomic E-state index is 13.2. The first-order valence-electron chi connectivity index (χ1n) is 7.88. The van der Waals surface area contributed by atoms with E-state index in [-0.39, 0.29) is 31.8 Å². The number of ether oxygens (including phenoxy) is 1. The summed E-state index contributed by atoms with van der Waals surface area (Å²) in [6.45, 7) is 1.30. The molecule has 8 heteroatoms. The number of morpholine rings is 1. The number of amides is 1. The van der Waals surface area contributed by atoms with E-state index in [0.717, 1.165) is 0 Å². The second kappa shape index (κ2) is 6.69. The number of nitriles is 1. The van der Waals surface area contributed by atoms with Gasteiger partial charge in [0.2, 0.25) is 0 Å². The monoisotopic (exact) mass is 336 g/mol. The van der Waals surface area contributed by atoms with Crippen molar-refractivity contribution in [2.24, 2.45) is 0 Å². The molecule has 0 spiro atoms. The normalized spacial score (nSPS) is 23.6. The van der Waals surface area contributed by atoms with Gasteiger partial charge in [-0.05, 0) is 12.1 Å². The Morgan fingerprint density at radius 2 is 2.12 bits per heavy atom. The average Bonchev–Trinajstić information content (AvgIpc) is 2.61. The van der Waals surface area contributed by atoms with Crippen LogP contribution >= 0.6 is 0 Å². The molecule has 1 aromatic rings. The van der Waals surface area contributed by atoms with E-state index in [9.17, 15) is 13.6 Å². The Bertz CT molecular complexity index is 652. The van der Waals surface area contributed by atoms with Crippen LogP contribution in [0.5, 0.6) is 0 Å². The molecular formula is C16H18F2N4O2. The third-order valence-electron chi connectivity index (χ3n) is 4.35. The molecular weight excluding hydrogens is 318 g/mol. The number of likely N-dealkylation sites (tertiary alicyclic amines) is 1. The molecule has 2 saturated heterocycles. The van der Waals surface area contributed by atoms with E-state index in [2.05, 4.69) is 11.1 Å². The Kier molecular flexibility index (Phi) is 4.62. The number of rotatable bonds is 2. The summed E-state index contributed by atoms with van der Waals surface area (Å²) in [5, 5.41) is 8.97. The number of aromatic nitrogens is 1. The van der Waals surface area contributed by atoms with Crippen LogP contribution in [-0.4, -0.2) is 60.6 Å². The Labute approximate surface area is 138 Å². The van der Waals surface area contributed by atoms with E-state index in [1.54, 1.807) is 18.3 Å². The van der Waals surface area contributed by atoms with Crippen molar-refractivity contribution in [2.45, 2.75) is 24.9 Å². The average molecular weight is 336 g/mol. The van der Waals surface area contributed by atoms with Crippen LogP contribution in [0.15, 0.2) is 18.3 Å². The van der Waals surface area contributed by atoms with Crippen molar-refractivity contribution < 1.29 is 18.3 Å². The largest absolute Gasteiger partial charge is 0.365 e. The Morgan fingerprint density at radius 3 is 2.83 bits per heavy atom. The summed E-state index contributed by atoms with van der Waals surface area (Å²) >= 11 is 0. The number of anilines is 1. The van der Waals surface area contributed by atoms with Crippen LogP contribution in [-0.2, 0) is 9.53 Å². The van der Waals surface area contributed by atoms with E-state index >= 15 is 0 Å². The van der Waals surface area contributed by atoms with E-state index in [1.165, 1.54) is 4.90 Å². The van der Waals surface area contributed by atoms with Crippen LogP contribution in [0.2, 0.25) is 0 Å². The lowest BCUT2D eigenvalue weighted by molar-refractivity contribution is -0.150. The summed E-state index contributed by atoms with van der Waals surface area (Å²) in [5.74, 6) is -2.33. The number of carbonyl (C=O) groups is 1. The van der Waals surface area contributed by atoms with Gasteiger partial charge in [-0.15, -0.1) is 0 Å². The molecule has 2 fully saturated rings. The second-order valence-corrected chi connectivity index (χ2v) is 6.00. The van der Waals surface area contributed by atoms with Gasteiger partial charge in [0.1, 0.15) is 5.82 Å². The van der Waals surface area contributed by atoms with Gasteiger partial charge in [-0.25, -0.2) is 13.8 Å². The number of alkyl halides is 2. The highest BCUT2D eigenvalue weighted by molar-refractivity contribution is 5.82. The molecule has 0 radical (unpaired) electrons. The summed E-state index contributed by atoms with van der Waals surface area (Å²) in [5.41, 5.74) is 0.493. The van der Waals surface area contributed by atoms with E-state index < -0.39 is 12.0 Å². The zero-order valence-corrected chi connectivity index (χ0v) is 13.1. The minimum atomic E-state index is -2.68. The van der Waals surface area contributed by atoms with E-state index in [4.69, 9.17) is 10.00 Å². The molecule has 0 bridgehead atoms. The molecule has 3 rings (SSSR count). The molecule has 2 aliphatic rings. The Balaban J connectivity index is 1.65. The minimum Gasteiger partial charge on any atom is -0.365 e. The summed E-state index contributed by atoms with van der Waals surface area (Å²) in [7, 11) is 0. The summed E-state index contributed by atoms with van der Waals surface area (Å²) in [6, 6.07) is 5.33. The number of pyridine rings is 1. The second-order valence-electron chi connectivity index (χ2n) is 6.00. The molecule has 0 aliphatic carbocycles. The molecule has 24 heavy (non-hydrogen) atoms. The molecule has 1 aromatic heterocycles. The number of piperidine rings is 1. The fourth-order valence-corrected chi connectivity index (χ4v) is 2.93. The van der Waals surface area contributed by atoms with Crippen LogP contribution < -0.4 is 4.90 Å². The first kappa shape index (κ1) is 16.6. The van der Waals surface area contributed by atoms with Gasteiger partial charge >= 0.3 is 0 Å². The van der Waals surface area contributed by atoms with Gasteiger partial charge < -0.3 is 14.5 Å². The van der Waals surface area contributed by atoms with Crippen LogP contribution in [0.3, 0.4) is 0 Å². The maximum Gasteiger partial charge on any atom is 0.253 e. The summed E-state index contributed by atoms with van der Waals surface area (Å²) < 4.78 is 32.0. The smallest absolute Gasteiger partial charge is 0.253 e. The summed E-state index contributed by atoms with van der Waals surface area (Å²) in [4.78, 5) is 20.1. The van der Waals surface area contributed by atoms with Crippen LogP contribution in [0.4, 0.5) is 14.6 Å². The zero-order valence-electron chi connectivity index (χ0n) is 13.1. The number of hydrogen-bond donors (Lipinski definition) is 0. The first-order chi connectivity index (χ1) is 11.5. The van der Waals surface area contributed by atoms with Crippen molar-refractivity contribution in [3.63, 3.8) is 0 Å². The van der Waals surface area contributed by atoms with Gasteiger partial charge in [-0.2, -0.15) is 5.26 Å². The summed E-state index contributed by atoms with van der Waals surface area (Å²) in [6.07, 6.45) is 0.243. The number of halogens is 2. The van der Waals surface area contributed by atoms with Crippen molar-refractivity contribution in [3.8, 4) is 6.07 Å². The lowest BCUT2D eigenvalue weighted by Gasteiger charge is -2.38. The highest BCUT2D eigenvalue weighted by atomic mass is 19.3. The van der Waals surface area contributed by atoms with Gasteiger partial charge in [0.25, 0.3) is 11.8 Å². The molecule has 0 saturated carbocycles. The van der Waals surface area contributed by atoms with Crippen molar-refractivity contribution in [1.82, 2.24) is 9.88 Å². The molecule has 1 amide bonds. The molecule has 0 N–H and O–H groups in total. The molecule has 3 heterocycles. The fraction of sp³-hybridized carbons (Fsp3) is 0.562. The molecule has 2 aliphatic heterocycles. The molecule has 0 aromatic carbocycles. The topological polar surface area (TPSA) is 69.5 Å². The third kappa shape index (κ3) is 3.62. The Morgan fingerprint density at radius 1 is 1.38 bits per heavy atom. The quantitative estimate of drug-likeness (QED) is 0.817. The van der Waals surface area contributed by atoms with Gasteiger partial charge in [-0.1, -0.05) is 0 Å². The van der Waals surface area contributed by atoms with Gasteiger partial charge in [-0.3, -0.25) is 4.79 Å². The van der Waals surface area contributed by atoms with Crippen molar-refractivity contribution in [1.29, 1.82) is 5.26 Å². The maximum atomic E-state index is 13.2. The predicted octanol–water partition coefficient (Wildman–Crippen LogP) is 1.42. The highest BCUT2D eigenvalue weighted by Gasteiger charge is 2.38.